The van der Waals surface area contributed by atoms with Gasteiger partial charge < -0.3 is 14.9 Å². The van der Waals surface area contributed by atoms with Crippen LogP contribution in [-0.4, -0.2) is 45.7 Å². The van der Waals surface area contributed by atoms with Crippen LogP contribution in [0.4, 0.5) is 13.2 Å². The van der Waals surface area contributed by atoms with Crippen LogP contribution in [0.2, 0.25) is 0 Å². The number of allylic oxidation sites excluding steroid dienone is 2. The number of hydrogen-bond donors (Lipinski definition) is 2. The van der Waals surface area contributed by atoms with Crippen LogP contribution >= 0.6 is 0 Å². The van der Waals surface area contributed by atoms with Crippen LogP contribution in [-0.2, 0) is 23.9 Å². The average Bonchev–Trinajstić information content (AvgIpc) is 2.60. The van der Waals surface area contributed by atoms with Crippen LogP contribution in [0.25, 0.3) is 0 Å². The lowest BCUT2D eigenvalue weighted by molar-refractivity contribution is -0.173. The number of esters is 1. The summed E-state index contributed by atoms with van der Waals surface area (Å²) in [6.45, 7) is 15.2. The lowest BCUT2D eigenvalue weighted by Gasteiger charge is -2.22. The summed E-state index contributed by atoms with van der Waals surface area (Å²) in [5, 5.41) is 17.6. The second kappa shape index (κ2) is 12.9. The van der Waals surface area contributed by atoms with E-state index in [4.69, 9.17) is 14.9 Å². The Morgan fingerprint density at radius 2 is 1.23 bits per heavy atom. The number of ether oxygens (including phenoxy) is 1. The van der Waals surface area contributed by atoms with Crippen molar-refractivity contribution in [3.05, 3.63) is 25.3 Å². The Hall–Kier alpha value is -2.65. The Morgan fingerprint density at radius 3 is 1.48 bits per heavy atom. The van der Waals surface area contributed by atoms with E-state index in [0.29, 0.717) is 0 Å². The van der Waals surface area contributed by atoms with Gasteiger partial charge in [-0.3, -0.25) is 19.2 Å². The van der Waals surface area contributed by atoms with E-state index < -0.39 is 59.6 Å². The van der Waals surface area contributed by atoms with E-state index in [2.05, 4.69) is 13.2 Å². The number of carbonyl (C=O) groups is 4. The van der Waals surface area contributed by atoms with Gasteiger partial charge in [-0.05, 0) is 32.6 Å². The number of Topliss-reactive ketones (excluding diaryl/α,β-unsaturated/α-hetero) is 1. The minimum absolute atomic E-state index is 0.125. The van der Waals surface area contributed by atoms with Gasteiger partial charge in [0.1, 0.15) is 5.60 Å². The van der Waals surface area contributed by atoms with Crippen molar-refractivity contribution >= 4 is 23.7 Å². The smallest absolute Gasteiger partial charge is 0.449 e. The van der Waals surface area contributed by atoms with Gasteiger partial charge in [0, 0.05) is 6.42 Å². The van der Waals surface area contributed by atoms with Crippen LogP contribution in [0.1, 0.15) is 47.5 Å². The highest BCUT2D eigenvalue weighted by Gasteiger charge is 2.41. The van der Waals surface area contributed by atoms with Crippen molar-refractivity contribution in [3.63, 3.8) is 0 Å². The van der Waals surface area contributed by atoms with Crippen molar-refractivity contribution in [2.75, 3.05) is 0 Å². The molecule has 31 heavy (non-hydrogen) atoms. The second-order valence-corrected chi connectivity index (χ2v) is 7.99. The molecule has 2 N–H and O–H groups in total. The molecule has 0 radical (unpaired) electrons. The predicted molar refractivity (Wildman–Crippen MR) is 107 cm³/mol. The van der Waals surface area contributed by atoms with E-state index in [1.165, 1.54) is 19.1 Å². The molecule has 4 atom stereocenters. The summed E-state index contributed by atoms with van der Waals surface area (Å²) in [6.07, 6.45) is -3.41. The average molecular weight is 452 g/mol. The molecule has 0 heterocycles. The lowest BCUT2D eigenvalue weighted by atomic mass is 9.89. The van der Waals surface area contributed by atoms with E-state index in [1.54, 1.807) is 27.7 Å². The van der Waals surface area contributed by atoms with Crippen molar-refractivity contribution in [1.29, 1.82) is 0 Å². The molecular formula is C21H31F3O7. The van der Waals surface area contributed by atoms with Crippen molar-refractivity contribution in [1.82, 2.24) is 0 Å². The minimum atomic E-state index is -4.98. The Bertz CT molecular complexity index is 663. The van der Waals surface area contributed by atoms with Crippen LogP contribution < -0.4 is 0 Å². The molecule has 0 bridgehead atoms. The number of alkyl halides is 3. The standard InChI is InChI=1S/C12H20O4.C9H11F3O3/c1-6-8(2)9(11(14)15)7-10(13)16-12(3,4)5;1-3-5(2)6(8(14)15)4-7(13)9(10,11)12/h6,8-9H,1,7H2,2-5H3,(H,14,15);3,5-6H,1,4H2,2H3,(H,14,15)/t8-,9?;5-,6?/m11/s1. The molecule has 0 fully saturated rings. The first kappa shape index (κ1) is 30.5. The molecule has 0 aliphatic carbocycles. The minimum Gasteiger partial charge on any atom is -0.481 e. The second-order valence-electron chi connectivity index (χ2n) is 7.99. The van der Waals surface area contributed by atoms with Gasteiger partial charge in [-0.1, -0.05) is 26.0 Å². The van der Waals surface area contributed by atoms with Crippen LogP contribution in [0.5, 0.6) is 0 Å². The maximum Gasteiger partial charge on any atom is 0.449 e. The third-order valence-electron chi connectivity index (χ3n) is 4.18. The molecule has 178 valence electrons. The van der Waals surface area contributed by atoms with E-state index >= 15 is 0 Å². The first-order valence-corrected chi connectivity index (χ1v) is 9.39. The van der Waals surface area contributed by atoms with Gasteiger partial charge in [0.25, 0.3) is 0 Å². The summed E-state index contributed by atoms with van der Waals surface area (Å²) in [7, 11) is 0. The molecule has 0 rings (SSSR count). The number of hydrogen-bond acceptors (Lipinski definition) is 5. The van der Waals surface area contributed by atoms with E-state index in [-0.39, 0.29) is 12.3 Å². The van der Waals surface area contributed by atoms with Crippen LogP contribution in [0, 0.1) is 23.7 Å². The zero-order chi connectivity index (χ0) is 25.2. The maximum absolute atomic E-state index is 11.9. The van der Waals surface area contributed by atoms with Gasteiger partial charge in [0.05, 0.1) is 18.3 Å². The third-order valence-corrected chi connectivity index (χ3v) is 4.18. The van der Waals surface area contributed by atoms with Gasteiger partial charge in [0.15, 0.2) is 0 Å². The zero-order valence-electron chi connectivity index (χ0n) is 18.4. The first-order chi connectivity index (χ1) is 13.9. The summed E-state index contributed by atoms with van der Waals surface area (Å²) < 4.78 is 40.7. The van der Waals surface area contributed by atoms with Crippen molar-refractivity contribution in [3.8, 4) is 0 Å². The van der Waals surface area contributed by atoms with E-state index in [1.807, 2.05) is 0 Å². The van der Waals surface area contributed by atoms with Gasteiger partial charge in [0.2, 0.25) is 5.78 Å². The molecule has 0 saturated heterocycles. The van der Waals surface area contributed by atoms with Crippen LogP contribution in [0.15, 0.2) is 25.3 Å². The molecule has 0 aliphatic rings. The Morgan fingerprint density at radius 1 is 0.871 bits per heavy atom. The summed E-state index contributed by atoms with van der Waals surface area (Å²) in [6, 6.07) is 0. The molecular weight excluding hydrogens is 421 g/mol. The molecule has 0 aromatic carbocycles. The number of carboxylic acids is 2. The Labute approximate surface area is 180 Å². The molecule has 0 spiro atoms. The molecule has 0 aromatic rings. The highest BCUT2D eigenvalue weighted by Crippen LogP contribution is 2.25. The SMILES string of the molecule is C=C[C@@H](C)C(CC(=O)C(F)(F)F)C(=O)O.C=C[C@@H](C)C(CC(=O)OC(C)(C)C)C(=O)O. The lowest BCUT2D eigenvalue weighted by Crippen LogP contribution is -2.30. The molecule has 0 aliphatic heterocycles. The number of rotatable bonds is 10. The molecule has 2 unspecified atom stereocenters. The predicted octanol–water partition coefficient (Wildman–Crippen LogP) is 4.27. The summed E-state index contributed by atoms with van der Waals surface area (Å²) in [4.78, 5) is 43.6. The Balaban J connectivity index is 0. The maximum atomic E-state index is 11.9. The van der Waals surface area contributed by atoms with Crippen molar-refractivity contribution in [2.45, 2.75) is 59.2 Å². The summed E-state index contributed by atoms with van der Waals surface area (Å²) >= 11 is 0. The number of ketones is 1. The molecule has 0 saturated carbocycles. The fourth-order valence-electron chi connectivity index (χ4n) is 2.20. The quantitative estimate of drug-likeness (QED) is 0.375. The van der Waals surface area contributed by atoms with E-state index in [9.17, 15) is 32.3 Å². The third kappa shape index (κ3) is 13.3. The van der Waals surface area contributed by atoms with Crippen molar-refractivity contribution in [2.24, 2.45) is 23.7 Å². The fourth-order valence-corrected chi connectivity index (χ4v) is 2.20. The molecule has 7 nitrogen and oxygen atoms in total. The highest BCUT2D eigenvalue weighted by molar-refractivity contribution is 5.88. The number of aliphatic carboxylic acids is 2. The zero-order valence-corrected chi connectivity index (χ0v) is 18.4. The topological polar surface area (TPSA) is 118 Å². The monoisotopic (exact) mass is 452 g/mol. The Kier molecular flexibility index (Phi) is 12.7. The normalized spacial score (nSPS) is 15.2. The summed E-state index contributed by atoms with van der Waals surface area (Å²) in [5.74, 6) is -8.04. The van der Waals surface area contributed by atoms with Gasteiger partial charge in [-0.2, -0.15) is 13.2 Å². The highest BCUT2D eigenvalue weighted by atomic mass is 19.4. The molecule has 0 aromatic heterocycles. The number of carboxylic acid groups (broad SMARTS) is 2. The fraction of sp³-hybridized carbons (Fsp3) is 0.619. The van der Waals surface area contributed by atoms with Gasteiger partial charge in [-0.15, -0.1) is 13.2 Å². The largest absolute Gasteiger partial charge is 0.481 e. The van der Waals surface area contributed by atoms with E-state index in [0.717, 1.165) is 0 Å². The molecule has 10 heteroatoms. The number of carbonyl (C=O) groups excluding carboxylic acids is 2. The summed E-state index contributed by atoms with van der Waals surface area (Å²) in [5.41, 5.74) is -0.586. The first-order valence-electron chi connectivity index (χ1n) is 9.39. The van der Waals surface area contributed by atoms with Crippen molar-refractivity contribution < 1.29 is 47.3 Å². The number of halogens is 3. The van der Waals surface area contributed by atoms with Gasteiger partial charge in [-0.25, -0.2) is 0 Å². The van der Waals surface area contributed by atoms with Gasteiger partial charge >= 0.3 is 24.1 Å². The molecule has 0 amide bonds. The van der Waals surface area contributed by atoms with Crippen LogP contribution in [0.3, 0.4) is 0 Å².